The van der Waals surface area contributed by atoms with Crippen LogP contribution in [0.5, 0.6) is 5.75 Å². The zero-order valence-corrected chi connectivity index (χ0v) is 20.5. The second kappa shape index (κ2) is 12.5. The number of β-amino-alcohol motifs (C(OH)–C–C–N with tert-alkyl or cyclic N) is 1. The van der Waals surface area contributed by atoms with Gasteiger partial charge < -0.3 is 26.0 Å². The molecule has 0 saturated heterocycles. The first-order valence-corrected chi connectivity index (χ1v) is 12.0. The fourth-order valence-corrected chi connectivity index (χ4v) is 4.04. The molecule has 0 aliphatic carbocycles. The molecule has 35 heavy (non-hydrogen) atoms. The topological polar surface area (TPSA) is 102 Å². The number of aliphatic hydroxyl groups excluding tert-OH is 2. The summed E-state index contributed by atoms with van der Waals surface area (Å²) in [6.07, 6.45) is 1.17. The lowest BCUT2D eigenvalue weighted by Crippen LogP contribution is -2.43. The number of nitrogens with one attached hydrogen (secondary N) is 2. The predicted molar refractivity (Wildman–Crippen MR) is 138 cm³/mol. The van der Waals surface area contributed by atoms with Crippen molar-refractivity contribution in [1.82, 2.24) is 10.6 Å². The number of aromatic hydroxyl groups is 1. The lowest BCUT2D eigenvalue weighted by Gasteiger charge is -2.28. The molecule has 3 aromatic carbocycles. The summed E-state index contributed by atoms with van der Waals surface area (Å²) in [5.74, 6) is 0.0535. The Morgan fingerprint density at radius 3 is 2.40 bits per heavy atom. The Hall–Kier alpha value is -3.19. The zero-order chi connectivity index (χ0) is 25.3. The lowest BCUT2D eigenvalue weighted by molar-refractivity contribution is -0.121. The molecule has 0 unspecified atom stereocenters. The van der Waals surface area contributed by atoms with Crippen LogP contribution < -0.4 is 10.6 Å². The fourth-order valence-electron chi connectivity index (χ4n) is 4.04. The number of rotatable bonds is 12. The summed E-state index contributed by atoms with van der Waals surface area (Å²) < 4.78 is 0. The van der Waals surface area contributed by atoms with E-state index >= 15 is 0 Å². The van der Waals surface area contributed by atoms with Crippen molar-refractivity contribution in [2.45, 2.75) is 57.9 Å². The molecule has 6 heteroatoms. The summed E-state index contributed by atoms with van der Waals surface area (Å²) in [7, 11) is 0. The highest BCUT2D eigenvalue weighted by Gasteiger charge is 2.20. The van der Waals surface area contributed by atoms with Crippen molar-refractivity contribution in [3.05, 3.63) is 101 Å². The fraction of sp³-hybridized carbons (Fsp3) is 0.345. The monoisotopic (exact) mass is 476 g/mol. The van der Waals surface area contributed by atoms with Gasteiger partial charge >= 0.3 is 0 Å². The van der Waals surface area contributed by atoms with Crippen molar-refractivity contribution in [1.29, 1.82) is 0 Å². The smallest absolute Gasteiger partial charge is 0.220 e. The van der Waals surface area contributed by atoms with E-state index in [2.05, 4.69) is 36.6 Å². The van der Waals surface area contributed by atoms with Crippen LogP contribution in [0.4, 0.5) is 0 Å². The second-order valence-electron chi connectivity index (χ2n) is 9.59. The highest BCUT2D eigenvalue weighted by atomic mass is 16.3. The van der Waals surface area contributed by atoms with Crippen LogP contribution in [0.25, 0.3) is 0 Å². The van der Waals surface area contributed by atoms with Gasteiger partial charge in [0.2, 0.25) is 5.91 Å². The van der Waals surface area contributed by atoms with Crippen molar-refractivity contribution in [2.24, 2.45) is 0 Å². The molecule has 0 spiro atoms. The summed E-state index contributed by atoms with van der Waals surface area (Å²) in [5, 5.41) is 36.1. The van der Waals surface area contributed by atoms with Gasteiger partial charge in [-0.05, 0) is 61.1 Å². The second-order valence-corrected chi connectivity index (χ2v) is 9.59. The highest BCUT2D eigenvalue weighted by molar-refractivity contribution is 5.76. The highest BCUT2D eigenvalue weighted by Crippen LogP contribution is 2.23. The molecule has 3 aromatic rings. The van der Waals surface area contributed by atoms with Crippen molar-refractivity contribution in [2.75, 3.05) is 6.54 Å². The van der Waals surface area contributed by atoms with Crippen molar-refractivity contribution < 1.29 is 20.1 Å². The third-order valence-corrected chi connectivity index (χ3v) is 6.04. The molecule has 0 saturated carbocycles. The first-order chi connectivity index (χ1) is 16.8. The minimum atomic E-state index is -0.766. The maximum atomic E-state index is 12.3. The summed E-state index contributed by atoms with van der Waals surface area (Å²) in [4.78, 5) is 12.3. The van der Waals surface area contributed by atoms with Crippen molar-refractivity contribution >= 4 is 5.91 Å². The van der Waals surface area contributed by atoms with Crippen LogP contribution >= 0.6 is 0 Å². The van der Waals surface area contributed by atoms with E-state index in [1.807, 2.05) is 42.5 Å². The van der Waals surface area contributed by atoms with Crippen LogP contribution in [0, 0.1) is 0 Å². The number of hydrogen-bond acceptors (Lipinski definition) is 5. The number of carbonyl (C=O) groups is 1. The normalized spacial score (nSPS) is 12.3. The standard InChI is InChI=1S/C29H36N2O4/c1-29(2,31-19-27(34)24-12-13-26(33)25(16-24)20-32)17-22-9-6-10-23(15-22)18-30-28(35)14-11-21-7-4-3-5-8-21/h3-10,12-13,15-16,27,31-34H,11,14,17-20H2,1-2H3,(H,30,35)/t27-/m1/s1. The Morgan fingerprint density at radius 1 is 0.943 bits per heavy atom. The number of amides is 1. The minimum Gasteiger partial charge on any atom is -0.508 e. The number of phenols is 1. The quantitative estimate of drug-likeness (QED) is 0.274. The molecule has 186 valence electrons. The number of benzene rings is 3. The summed E-state index contributed by atoms with van der Waals surface area (Å²) in [6, 6.07) is 22.9. The zero-order valence-electron chi connectivity index (χ0n) is 20.5. The molecular weight excluding hydrogens is 440 g/mol. The molecular formula is C29H36N2O4. The molecule has 6 nitrogen and oxygen atoms in total. The summed E-state index contributed by atoms with van der Waals surface area (Å²) in [5.41, 5.74) is 4.09. The van der Waals surface area contributed by atoms with Crippen LogP contribution in [0.2, 0.25) is 0 Å². The Morgan fingerprint density at radius 2 is 1.66 bits per heavy atom. The van der Waals surface area contributed by atoms with Crippen LogP contribution in [0.3, 0.4) is 0 Å². The van der Waals surface area contributed by atoms with Gasteiger partial charge in [-0.1, -0.05) is 60.7 Å². The van der Waals surface area contributed by atoms with Gasteiger partial charge in [0.25, 0.3) is 0 Å². The number of carbonyl (C=O) groups excluding carboxylic acids is 1. The molecule has 1 amide bonds. The molecule has 0 aliphatic rings. The molecule has 0 fully saturated rings. The molecule has 0 aromatic heterocycles. The summed E-state index contributed by atoms with van der Waals surface area (Å²) in [6.45, 7) is 4.69. The first-order valence-electron chi connectivity index (χ1n) is 12.0. The van der Waals surface area contributed by atoms with E-state index in [1.165, 1.54) is 6.07 Å². The molecule has 0 bridgehead atoms. The van der Waals surface area contributed by atoms with Gasteiger partial charge in [0, 0.05) is 30.6 Å². The van der Waals surface area contributed by atoms with Gasteiger partial charge in [0.15, 0.2) is 0 Å². The molecule has 0 heterocycles. The Kier molecular flexibility index (Phi) is 9.43. The number of aryl methyl sites for hydroxylation is 1. The minimum absolute atomic E-state index is 0.0176. The van der Waals surface area contributed by atoms with Gasteiger partial charge in [0.1, 0.15) is 5.75 Å². The molecule has 0 radical (unpaired) electrons. The SMILES string of the molecule is CC(C)(Cc1cccc(CNC(=O)CCc2ccccc2)c1)NC[C@@H](O)c1ccc(O)c(CO)c1. The van der Waals surface area contributed by atoms with E-state index < -0.39 is 6.10 Å². The largest absolute Gasteiger partial charge is 0.508 e. The van der Waals surface area contributed by atoms with Gasteiger partial charge in [-0.3, -0.25) is 4.79 Å². The van der Waals surface area contributed by atoms with E-state index in [0.29, 0.717) is 30.6 Å². The third-order valence-electron chi connectivity index (χ3n) is 6.04. The Labute approximate surface area is 207 Å². The van der Waals surface area contributed by atoms with E-state index in [1.54, 1.807) is 12.1 Å². The lowest BCUT2D eigenvalue weighted by atomic mass is 9.93. The van der Waals surface area contributed by atoms with Gasteiger partial charge in [-0.25, -0.2) is 0 Å². The summed E-state index contributed by atoms with van der Waals surface area (Å²) >= 11 is 0. The van der Waals surface area contributed by atoms with Gasteiger partial charge in [-0.15, -0.1) is 0 Å². The van der Waals surface area contributed by atoms with E-state index in [-0.39, 0.29) is 23.8 Å². The van der Waals surface area contributed by atoms with Crippen LogP contribution in [-0.2, 0) is 30.8 Å². The Bertz CT molecular complexity index is 1100. The maximum absolute atomic E-state index is 12.3. The van der Waals surface area contributed by atoms with Crippen LogP contribution in [0.15, 0.2) is 72.8 Å². The van der Waals surface area contributed by atoms with E-state index in [0.717, 1.165) is 29.5 Å². The first kappa shape index (κ1) is 26.4. The Balaban J connectivity index is 1.48. The van der Waals surface area contributed by atoms with Crippen molar-refractivity contribution in [3.8, 4) is 5.75 Å². The molecule has 0 aliphatic heterocycles. The van der Waals surface area contributed by atoms with Gasteiger partial charge in [-0.2, -0.15) is 0 Å². The van der Waals surface area contributed by atoms with Crippen LogP contribution in [0.1, 0.15) is 54.2 Å². The average Bonchev–Trinajstić information content (AvgIpc) is 2.85. The average molecular weight is 477 g/mol. The third kappa shape index (κ3) is 8.51. The number of hydrogen-bond donors (Lipinski definition) is 5. The molecule has 3 rings (SSSR count). The van der Waals surface area contributed by atoms with E-state index in [9.17, 15) is 20.1 Å². The van der Waals surface area contributed by atoms with Crippen LogP contribution in [-0.4, -0.2) is 33.3 Å². The molecule has 1 atom stereocenters. The number of aliphatic hydroxyl groups is 2. The van der Waals surface area contributed by atoms with E-state index in [4.69, 9.17) is 0 Å². The van der Waals surface area contributed by atoms with Gasteiger partial charge in [0.05, 0.1) is 12.7 Å². The molecule has 5 N–H and O–H groups in total. The van der Waals surface area contributed by atoms with Crippen molar-refractivity contribution in [3.63, 3.8) is 0 Å². The predicted octanol–water partition coefficient (Wildman–Crippen LogP) is 3.78. The maximum Gasteiger partial charge on any atom is 0.220 e.